The van der Waals surface area contributed by atoms with Crippen LogP contribution in [0.5, 0.6) is 0 Å². The Morgan fingerprint density at radius 2 is 1.43 bits per heavy atom. The summed E-state index contributed by atoms with van der Waals surface area (Å²) in [7, 11) is 8.08. The predicted molar refractivity (Wildman–Crippen MR) is 94.1 cm³/mol. The topological polar surface area (TPSA) is 55.8 Å². The van der Waals surface area contributed by atoms with Crippen molar-refractivity contribution in [1.29, 1.82) is 0 Å². The van der Waals surface area contributed by atoms with Gasteiger partial charge in [-0.15, -0.1) is 0 Å². The van der Waals surface area contributed by atoms with Crippen LogP contribution in [0.4, 0.5) is 9.59 Å². The lowest BCUT2D eigenvalue weighted by Gasteiger charge is -2.33. The van der Waals surface area contributed by atoms with Crippen molar-refractivity contribution >= 4 is 53.8 Å². The summed E-state index contributed by atoms with van der Waals surface area (Å²) in [5.74, 6) is 1.68. The standard InChI is InChI=1S/C12H21NO4S4/c1-16-11(14)20-18-8-10(9-19-21-12(15)17-2)13-6-4-3-5-7-13/h10H,3-9H2,1-2H3. The number of likely N-dealkylation sites (tertiary alicyclic amines) is 1. The zero-order valence-corrected chi connectivity index (χ0v) is 15.5. The highest BCUT2D eigenvalue weighted by atomic mass is 33.1. The Morgan fingerprint density at radius 1 is 0.952 bits per heavy atom. The van der Waals surface area contributed by atoms with Gasteiger partial charge in [-0.1, -0.05) is 28.0 Å². The molecule has 0 atom stereocenters. The van der Waals surface area contributed by atoms with Gasteiger partial charge in [0.25, 0.3) is 0 Å². The number of piperidine rings is 1. The Bertz CT molecular complexity index is 304. The lowest BCUT2D eigenvalue weighted by molar-refractivity contribution is 0.190. The number of methoxy groups -OCH3 is 2. The smallest absolute Gasteiger partial charge is 0.377 e. The number of ether oxygens (including phenoxy) is 2. The molecule has 0 aromatic rings. The highest BCUT2D eigenvalue weighted by Gasteiger charge is 2.22. The van der Waals surface area contributed by atoms with E-state index in [1.54, 1.807) is 0 Å². The fourth-order valence-electron chi connectivity index (χ4n) is 1.93. The highest BCUT2D eigenvalue weighted by Crippen LogP contribution is 2.31. The average Bonchev–Trinajstić information content (AvgIpc) is 2.53. The van der Waals surface area contributed by atoms with Crippen molar-refractivity contribution in [3.63, 3.8) is 0 Å². The first kappa shape index (κ1) is 19.3. The van der Waals surface area contributed by atoms with Crippen molar-refractivity contribution in [2.75, 3.05) is 38.8 Å². The Balaban J connectivity index is 2.37. The molecule has 1 aliphatic rings. The summed E-state index contributed by atoms with van der Waals surface area (Å²) in [5, 5.41) is -0.539. The van der Waals surface area contributed by atoms with Crippen LogP contribution in [-0.4, -0.2) is 60.4 Å². The zero-order valence-electron chi connectivity index (χ0n) is 12.2. The van der Waals surface area contributed by atoms with Crippen LogP contribution in [0.1, 0.15) is 19.3 Å². The molecule has 1 aliphatic heterocycles. The van der Waals surface area contributed by atoms with Crippen LogP contribution in [0.2, 0.25) is 0 Å². The molecule has 9 heteroatoms. The molecular weight excluding hydrogens is 350 g/mol. The second-order valence-electron chi connectivity index (χ2n) is 4.39. The van der Waals surface area contributed by atoms with Gasteiger partial charge in [0.15, 0.2) is 0 Å². The molecule has 1 fully saturated rings. The van der Waals surface area contributed by atoms with Crippen LogP contribution in [0, 0.1) is 0 Å². The van der Waals surface area contributed by atoms with Crippen molar-refractivity contribution in [3.05, 3.63) is 0 Å². The van der Waals surface area contributed by atoms with Crippen LogP contribution in [0.15, 0.2) is 0 Å². The molecule has 21 heavy (non-hydrogen) atoms. The largest absolute Gasteiger partial charge is 0.460 e. The second-order valence-corrected chi connectivity index (χ2v) is 8.95. The Hall–Kier alpha value is 0.300. The molecule has 0 aromatic heterocycles. The Labute approximate surface area is 141 Å². The van der Waals surface area contributed by atoms with Crippen molar-refractivity contribution in [2.24, 2.45) is 0 Å². The van der Waals surface area contributed by atoms with Gasteiger partial charge in [-0.3, -0.25) is 4.90 Å². The predicted octanol–water partition coefficient (Wildman–Crippen LogP) is 4.14. The lowest BCUT2D eigenvalue weighted by atomic mass is 10.1. The monoisotopic (exact) mass is 371 g/mol. The van der Waals surface area contributed by atoms with Gasteiger partial charge in [0, 0.05) is 39.1 Å². The molecule has 5 nitrogen and oxygen atoms in total. The van der Waals surface area contributed by atoms with Gasteiger partial charge >= 0.3 is 10.6 Å². The van der Waals surface area contributed by atoms with Crippen LogP contribution < -0.4 is 0 Å². The molecule has 0 unspecified atom stereocenters. The number of carbonyl (C=O) groups is 2. The SMILES string of the molecule is COC(=O)SSCC(CSSC(=O)OC)N1CCCCC1. The number of rotatable bonds is 7. The number of hydrogen-bond acceptors (Lipinski definition) is 9. The fraction of sp³-hybridized carbons (Fsp3) is 0.833. The fourth-order valence-corrected chi connectivity index (χ4v) is 5.85. The van der Waals surface area contributed by atoms with E-state index in [-0.39, 0.29) is 10.6 Å². The van der Waals surface area contributed by atoms with Crippen molar-refractivity contribution < 1.29 is 19.1 Å². The summed E-state index contributed by atoms with van der Waals surface area (Å²) in [4.78, 5) is 24.8. The summed E-state index contributed by atoms with van der Waals surface area (Å²) in [6, 6.07) is 0.356. The van der Waals surface area contributed by atoms with Gasteiger partial charge in [-0.2, -0.15) is 0 Å². The molecule has 1 rings (SSSR count). The average molecular weight is 372 g/mol. The number of hydrogen-bond donors (Lipinski definition) is 0. The normalized spacial score (nSPS) is 16.0. The quantitative estimate of drug-likeness (QED) is 0.485. The van der Waals surface area contributed by atoms with Gasteiger partial charge in [-0.25, -0.2) is 9.59 Å². The van der Waals surface area contributed by atoms with Crippen molar-refractivity contribution in [1.82, 2.24) is 4.90 Å². The molecule has 0 aromatic carbocycles. The molecule has 1 saturated heterocycles. The molecule has 0 radical (unpaired) electrons. The Kier molecular flexibility index (Phi) is 10.9. The summed E-state index contributed by atoms with van der Waals surface area (Å²) >= 11 is 0. The molecule has 0 saturated carbocycles. The minimum atomic E-state index is -0.269. The molecule has 0 N–H and O–H groups in total. The second kappa shape index (κ2) is 11.8. The maximum absolute atomic E-state index is 11.1. The number of nitrogens with zero attached hydrogens (tertiary/aromatic N) is 1. The minimum Gasteiger partial charge on any atom is -0.460 e. The maximum atomic E-state index is 11.1. The van der Waals surface area contributed by atoms with Crippen molar-refractivity contribution in [3.8, 4) is 0 Å². The van der Waals surface area contributed by atoms with E-state index in [1.165, 1.54) is 55.1 Å². The molecule has 0 amide bonds. The molecule has 0 spiro atoms. The maximum Gasteiger partial charge on any atom is 0.377 e. The van der Waals surface area contributed by atoms with E-state index >= 15 is 0 Å². The van der Waals surface area contributed by atoms with Crippen LogP contribution in [-0.2, 0) is 9.47 Å². The summed E-state index contributed by atoms with van der Waals surface area (Å²) < 4.78 is 9.25. The Morgan fingerprint density at radius 3 is 1.86 bits per heavy atom. The summed E-state index contributed by atoms with van der Waals surface area (Å²) in [6.07, 6.45) is 3.73. The number of carbonyl (C=O) groups excluding carboxylic acids is 2. The van der Waals surface area contributed by atoms with E-state index < -0.39 is 0 Å². The summed E-state index contributed by atoms with van der Waals surface area (Å²) in [6.45, 7) is 2.19. The van der Waals surface area contributed by atoms with Crippen LogP contribution >= 0.6 is 43.2 Å². The summed E-state index contributed by atoms with van der Waals surface area (Å²) in [5.41, 5.74) is 0. The molecule has 122 valence electrons. The van der Waals surface area contributed by atoms with E-state index in [0.717, 1.165) is 46.2 Å². The zero-order chi connectivity index (χ0) is 15.5. The van der Waals surface area contributed by atoms with Gasteiger partial charge in [0.2, 0.25) is 0 Å². The molecular formula is C12H21NO4S4. The molecule has 1 heterocycles. The van der Waals surface area contributed by atoms with E-state index in [0.29, 0.717) is 6.04 Å². The third kappa shape index (κ3) is 8.49. The minimum absolute atomic E-state index is 0.269. The van der Waals surface area contributed by atoms with E-state index in [4.69, 9.17) is 0 Å². The van der Waals surface area contributed by atoms with E-state index in [9.17, 15) is 9.59 Å². The van der Waals surface area contributed by atoms with Gasteiger partial charge in [0.05, 0.1) is 14.2 Å². The van der Waals surface area contributed by atoms with Crippen LogP contribution in [0.3, 0.4) is 0 Å². The van der Waals surface area contributed by atoms with Gasteiger partial charge in [0.1, 0.15) is 0 Å². The van der Waals surface area contributed by atoms with Gasteiger partial charge < -0.3 is 9.47 Å². The first-order chi connectivity index (χ1) is 10.2. The molecule has 0 bridgehead atoms. The van der Waals surface area contributed by atoms with Crippen LogP contribution in [0.25, 0.3) is 0 Å². The van der Waals surface area contributed by atoms with E-state index in [1.807, 2.05) is 0 Å². The van der Waals surface area contributed by atoms with Gasteiger partial charge in [-0.05, 0) is 25.9 Å². The van der Waals surface area contributed by atoms with Crippen molar-refractivity contribution in [2.45, 2.75) is 25.3 Å². The van der Waals surface area contributed by atoms with E-state index in [2.05, 4.69) is 14.4 Å². The third-order valence-electron chi connectivity index (χ3n) is 3.02. The molecule has 0 aliphatic carbocycles. The highest BCUT2D eigenvalue weighted by molar-refractivity contribution is 8.82. The first-order valence-electron chi connectivity index (χ1n) is 6.66. The third-order valence-corrected chi connectivity index (χ3v) is 7.24. The first-order valence-corrected chi connectivity index (χ1v) is 11.3. The lowest BCUT2D eigenvalue weighted by Crippen LogP contribution is -2.42.